The van der Waals surface area contributed by atoms with Gasteiger partial charge in [0.15, 0.2) is 0 Å². The quantitative estimate of drug-likeness (QED) is 0.280. The van der Waals surface area contributed by atoms with Gasteiger partial charge in [0.05, 0.1) is 11.9 Å². The van der Waals surface area contributed by atoms with Gasteiger partial charge in [-0.25, -0.2) is 4.68 Å². The highest BCUT2D eigenvalue weighted by Crippen LogP contribution is 2.38. The summed E-state index contributed by atoms with van der Waals surface area (Å²) in [6, 6.07) is 14.1. The molecule has 2 N–H and O–H groups in total. The summed E-state index contributed by atoms with van der Waals surface area (Å²) in [7, 11) is 1.86. The molecule has 0 saturated carbocycles. The molecule has 0 amide bonds. The van der Waals surface area contributed by atoms with E-state index in [2.05, 4.69) is 50.7 Å². The Bertz CT molecular complexity index is 1790. The number of pyridine rings is 1. The molecule has 40 heavy (non-hydrogen) atoms. The highest BCUT2D eigenvalue weighted by molar-refractivity contribution is 7.17. The first-order chi connectivity index (χ1) is 19.3. The zero-order chi connectivity index (χ0) is 28.0. The molecule has 6 rings (SSSR count). The molecule has 206 valence electrons. The number of aromatic amines is 1. The Morgan fingerprint density at radius 3 is 2.88 bits per heavy atom. The van der Waals surface area contributed by atoms with Gasteiger partial charge in [-0.3, -0.25) is 14.5 Å². The van der Waals surface area contributed by atoms with Crippen LogP contribution in [-0.2, 0) is 31.4 Å². The Kier molecular flexibility index (Phi) is 7.02. The van der Waals surface area contributed by atoms with E-state index in [-0.39, 0.29) is 17.9 Å². The van der Waals surface area contributed by atoms with Crippen molar-refractivity contribution >= 4 is 38.4 Å². The average molecular weight is 556 g/mol. The number of fused-ring (bicyclic) bond motifs is 3. The predicted molar refractivity (Wildman–Crippen MR) is 158 cm³/mol. The molecule has 2 atom stereocenters. The number of hydrogen-bond donors (Lipinski definition) is 2. The lowest BCUT2D eigenvalue weighted by molar-refractivity contribution is -0.137. The topological polar surface area (TPSA) is 104 Å². The molecule has 1 aliphatic rings. The fourth-order valence-corrected chi connectivity index (χ4v) is 7.14. The van der Waals surface area contributed by atoms with Gasteiger partial charge >= 0.3 is 5.97 Å². The standard InChI is InChI=1S/C31H33N5O3S/c1-4-19-11-20-5-8-28(37)32-26(20)17-36(15-19)16-23-13-22(12-21-9-10-40-31(21)23)25(14-29(38)39)24-6-7-27-30(18(24)2)33-34-35(27)3/h5-10,12-13,19,25H,4,11,14-17H2,1-3H3,(H,32,37)(H,38,39)/t19-,25-/m0/s1. The van der Waals surface area contributed by atoms with E-state index in [4.69, 9.17) is 0 Å². The second-order valence-corrected chi connectivity index (χ2v) is 11.9. The van der Waals surface area contributed by atoms with Crippen LogP contribution in [0.2, 0.25) is 0 Å². The number of benzene rings is 2. The number of rotatable bonds is 7. The minimum Gasteiger partial charge on any atom is -0.481 e. The number of aliphatic carboxylic acids is 1. The van der Waals surface area contributed by atoms with Gasteiger partial charge in [-0.1, -0.05) is 36.8 Å². The minimum atomic E-state index is -0.838. The van der Waals surface area contributed by atoms with E-state index in [1.54, 1.807) is 22.1 Å². The van der Waals surface area contributed by atoms with E-state index >= 15 is 0 Å². The minimum absolute atomic E-state index is 0.0159. The number of H-pyrrole nitrogens is 1. The van der Waals surface area contributed by atoms with Crippen molar-refractivity contribution in [1.29, 1.82) is 0 Å². The van der Waals surface area contributed by atoms with Crippen molar-refractivity contribution in [3.8, 4) is 0 Å². The molecule has 0 bridgehead atoms. The van der Waals surface area contributed by atoms with Crippen LogP contribution in [0.25, 0.3) is 21.1 Å². The first-order valence-corrected chi connectivity index (χ1v) is 14.6. The van der Waals surface area contributed by atoms with Crippen LogP contribution < -0.4 is 5.56 Å². The number of aromatic nitrogens is 4. The van der Waals surface area contributed by atoms with Crippen molar-refractivity contribution in [2.24, 2.45) is 13.0 Å². The molecule has 0 spiro atoms. The Morgan fingerprint density at radius 1 is 1.23 bits per heavy atom. The Morgan fingerprint density at radius 2 is 2.08 bits per heavy atom. The molecule has 0 unspecified atom stereocenters. The lowest BCUT2D eigenvalue weighted by Crippen LogP contribution is -2.28. The van der Waals surface area contributed by atoms with Gasteiger partial charge < -0.3 is 10.1 Å². The van der Waals surface area contributed by atoms with Crippen LogP contribution in [0, 0.1) is 12.8 Å². The zero-order valence-corrected chi connectivity index (χ0v) is 23.8. The summed E-state index contributed by atoms with van der Waals surface area (Å²) in [5, 5.41) is 21.7. The molecular formula is C31H33N5O3S. The SMILES string of the molecule is CC[C@H]1Cc2ccc(=O)[nH]c2CN(Cc2cc([C@H](CC(=O)O)c3ccc4c(nnn4C)c3C)cc3ccsc23)C1. The van der Waals surface area contributed by atoms with Crippen molar-refractivity contribution < 1.29 is 9.90 Å². The fourth-order valence-electron chi connectivity index (χ4n) is 6.25. The molecule has 0 saturated heterocycles. The normalized spacial score (nSPS) is 16.7. The number of carbonyl (C=O) groups is 1. The van der Waals surface area contributed by atoms with E-state index < -0.39 is 5.97 Å². The highest BCUT2D eigenvalue weighted by atomic mass is 32.1. The Hall–Kier alpha value is -3.82. The van der Waals surface area contributed by atoms with Gasteiger partial charge in [0.1, 0.15) is 5.52 Å². The van der Waals surface area contributed by atoms with Gasteiger partial charge in [-0.2, -0.15) is 0 Å². The predicted octanol–water partition coefficient (Wildman–Crippen LogP) is 5.37. The number of thiophene rings is 1. The Balaban J connectivity index is 1.42. The second kappa shape index (κ2) is 10.6. The molecule has 3 aromatic heterocycles. The lowest BCUT2D eigenvalue weighted by atomic mass is 9.84. The summed E-state index contributed by atoms with van der Waals surface area (Å²) in [6.07, 6.45) is 2.00. The summed E-state index contributed by atoms with van der Waals surface area (Å²) in [6.45, 7) is 6.57. The molecular weight excluding hydrogens is 522 g/mol. The molecule has 1 aliphatic heterocycles. The monoisotopic (exact) mass is 555 g/mol. The summed E-state index contributed by atoms with van der Waals surface area (Å²) in [4.78, 5) is 29.8. The number of carboxylic acid groups (broad SMARTS) is 1. The third-order valence-electron chi connectivity index (χ3n) is 8.36. The molecule has 2 aromatic carbocycles. The molecule has 9 heteroatoms. The van der Waals surface area contributed by atoms with Crippen molar-refractivity contribution in [2.75, 3.05) is 6.54 Å². The first kappa shape index (κ1) is 26.4. The lowest BCUT2D eigenvalue weighted by Gasteiger charge is -2.25. The van der Waals surface area contributed by atoms with Gasteiger partial charge in [0.2, 0.25) is 5.56 Å². The highest BCUT2D eigenvalue weighted by Gasteiger charge is 2.26. The van der Waals surface area contributed by atoms with Crippen LogP contribution >= 0.6 is 11.3 Å². The first-order valence-electron chi connectivity index (χ1n) is 13.7. The third-order valence-corrected chi connectivity index (χ3v) is 9.37. The van der Waals surface area contributed by atoms with Crippen LogP contribution in [-0.4, -0.2) is 42.5 Å². The number of nitrogens with zero attached hydrogens (tertiary/aromatic N) is 4. The van der Waals surface area contributed by atoms with Gasteiger partial charge in [-0.05, 0) is 76.0 Å². The molecule has 8 nitrogen and oxygen atoms in total. The Labute approximate surface area is 236 Å². The zero-order valence-electron chi connectivity index (χ0n) is 23.0. The summed E-state index contributed by atoms with van der Waals surface area (Å²) >= 11 is 1.72. The smallest absolute Gasteiger partial charge is 0.304 e. The second-order valence-electron chi connectivity index (χ2n) is 11.0. The van der Waals surface area contributed by atoms with E-state index in [1.165, 1.54) is 15.8 Å². The van der Waals surface area contributed by atoms with E-state index in [1.807, 2.05) is 32.2 Å². The maximum Gasteiger partial charge on any atom is 0.304 e. The van der Waals surface area contributed by atoms with Crippen molar-refractivity contribution in [3.63, 3.8) is 0 Å². The molecule has 5 aromatic rings. The molecule has 0 fully saturated rings. The van der Waals surface area contributed by atoms with Crippen LogP contribution in [0.3, 0.4) is 0 Å². The van der Waals surface area contributed by atoms with Gasteiger partial charge in [-0.15, -0.1) is 16.4 Å². The van der Waals surface area contributed by atoms with Crippen LogP contribution in [0.15, 0.2) is 52.6 Å². The van der Waals surface area contributed by atoms with Gasteiger partial charge in [0, 0.05) is 49.1 Å². The van der Waals surface area contributed by atoms with E-state index in [9.17, 15) is 14.7 Å². The number of aryl methyl sites for hydroxylation is 2. The van der Waals surface area contributed by atoms with Gasteiger partial charge in [0.25, 0.3) is 0 Å². The average Bonchev–Trinajstić information content (AvgIpc) is 3.51. The van der Waals surface area contributed by atoms with Crippen LogP contribution in [0.1, 0.15) is 59.2 Å². The fraction of sp³-hybridized carbons (Fsp3) is 0.355. The van der Waals surface area contributed by atoms with Crippen molar-refractivity contribution in [3.05, 3.63) is 91.7 Å². The molecule has 0 aliphatic carbocycles. The van der Waals surface area contributed by atoms with Crippen LogP contribution in [0.5, 0.6) is 0 Å². The van der Waals surface area contributed by atoms with Crippen molar-refractivity contribution in [2.45, 2.75) is 52.1 Å². The molecule has 4 heterocycles. The van der Waals surface area contributed by atoms with E-state index in [0.717, 1.165) is 64.7 Å². The maximum atomic E-state index is 12.1. The number of hydrogen-bond acceptors (Lipinski definition) is 6. The van der Waals surface area contributed by atoms with Crippen LogP contribution in [0.4, 0.5) is 0 Å². The van der Waals surface area contributed by atoms with Crippen molar-refractivity contribution in [1.82, 2.24) is 24.9 Å². The number of carboxylic acids is 1. The maximum absolute atomic E-state index is 12.1. The van der Waals surface area contributed by atoms with E-state index in [0.29, 0.717) is 12.5 Å². The summed E-state index contributed by atoms with van der Waals surface area (Å²) < 4.78 is 2.96. The third kappa shape index (κ3) is 4.95. The molecule has 0 radical (unpaired) electrons. The number of nitrogens with one attached hydrogen (secondary N) is 1. The largest absolute Gasteiger partial charge is 0.481 e. The summed E-state index contributed by atoms with van der Waals surface area (Å²) in [5.41, 5.74) is 7.98. The summed E-state index contributed by atoms with van der Waals surface area (Å²) in [5.74, 6) is -0.665.